The normalized spacial score (nSPS) is 28.2. The van der Waals surface area contributed by atoms with Crippen LogP contribution in [0.5, 0.6) is 0 Å². The van der Waals surface area contributed by atoms with Gasteiger partial charge in [0.25, 0.3) is 0 Å². The van der Waals surface area contributed by atoms with Crippen molar-refractivity contribution in [3.8, 4) is 0 Å². The molecule has 0 heterocycles. The molecule has 98 valence electrons. The summed E-state index contributed by atoms with van der Waals surface area (Å²) in [6.45, 7) is 9.25. The fourth-order valence-electron chi connectivity index (χ4n) is 3.60. The van der Waals surface area contributed by atoms with E-state index < -0.39 is 0 Å². The van der Waals surface area contributed by atoms with Crippen LogP contribution in [0.3, 0.4) is 0 Å². The molecule has 2 heteroatoms. The van der Waals surface area contributed by atoms with Crippen molar-refractivity contribution in [3.63, 3.8) is 0 Å². The van der Waals surface area contributed by atoms with Crippen LogP contribution < -0.4 is 5.32 Å². The molecule has 1 unspecified atom stereocenters. The summed E-state index contributed by atoms with van der Waals surface area (Å²) >= 11 is 0. The van der Waals surface area contributed by atoms with Crippen LogP contribution in [-0.4, -0.2) is 6.04 Å². The highest BCUT2D eigenvalue weighted by molar-refractivity contribution is 5.36. The topological polar surface area (TPSA) is 12.0 Å². The van der Waals surface area contributed by atoms with E-state index in [4.69, 9.17) is 0 Å². The molecule has 18 heavy (non-hydrogen) atoms. The zero-order valence-electron chi connectivity index (χ0n) is 11.7. The van der Waals surface area contributed by atoms with Crippen LogP contribution in [0.25, 0.3) is 0 Å². The first-order valence-corrected chi connectivity index (χ1v) is 6.89. The molecule has 0 aromatic heterocycles. The zero-order chi connectivity index (χ0) is 13.1. The number of halogens is 1. The maximum atomic E-state index is 13.7. The summed E-state index contributed by atoms with van der Waals surface area (Å²) in [5.74, 6) is -0.0360. The van der Waals surface area contributed by atoms with Gasteiger partial charge >= 0.3 is 0 Å². The second-order valence-corrected chi connectivity index (χ2v) is 6.94. The summed E-state index contributed by atoms with van der Waals surface area (Å²) < 4.78 is 13.7. The molecule has 0 saturated heterocycles. The molecular formula is C16H22FN. The Hall–Kier alpha value is -0.890. The van der Waals surface area contributed by atoms with Gasteiger partial charge in [-0.25, -0.2) is 4.39 Å². The Labute approximate surface area is 109 Å². The third-order valence-electron chi connectivity index (χ3n) is 5.60. The van der Waals surface area contributed by atoms with Gasteiger partial charge in [0.05, 0.1) is 0 Å². The molecule has 1 aromatic carbocycles. The van der Waals surface area contributed by atoms with Gasteiger partial charge in [-0.05, 0) is 40.9 Å². The van der Waals surface area contributed by atoms with Crippen molar-refractivity contribution >= 4 is 0 Å². The van der Waals surface area contributed by atoms with Crippen molar-refractivity contribution in [2.75, 3.05) is 0 Å². The molecule has 2 aliphatic rings. The Morgan fingerprint density at radius 2 is 1.83 bits per heavy atom. The first-order chi connectivity index (χ1) is 8.35. The minimum absolute atomic E-state index is 0.0360. The molecule has 3 rings (SSSR count). The summed E-state index contributed by atoms with van der Waals surface area (Å²) in [5.41, 5.74) is 2.77. The lowest BCUT2D eigenvalue weighted by Gasteiger charge is -2.16. The quantitative estimate of drug-likeness (QED) is 0.837. The molecule has 1 atom stereocenters. The fourth-order valence-corrected chi connectivity index (χ4v) is 3.60. The number of hydrogen-bond donors (Lipinski definition) is 1. The van der Waals surface area contributed by atoms with Crippen LogP contribution in [0, 0.1) is 16.6 Å². The molecule has 0 aliphatic heterocycles. The molecule has 0 bridgehead atoms. The highest BCUT2D eigenvalue weighted by Crippen LogP contribution is 2.63. The van der Waals surface area contributed by atoms with Gasteiger partial charge in [-0.15, -0.1) is 0 Å². The minimum atomic E-state index is -0.0360. The summed E-state index contributed by atoms with van der Waals surface area (Å²) in [6, 6.07) is 6.35. The monoisotopic (exact) mass is 247 g/mol. The number of benzene rings is 1. The lowest BCUT2D eigenvalue weighted by atomic mass is 10.0. The molecule has 1 fully saturated rings. The maximum Gasteiger partial charge on any atom is 0.126 e. The van der Waals surface area contributed by atoms with E-state index in [9.17, 15) is 4.39 Å². The number of hydrogen-bond acceptors (Lipinski definition) is 1. The Morgan fingerprint density at radius 1 is 1.17 bits per heavy atom. The molecule has 0 amide bonds. The minimum Gasteiger partial charge on any atom is -0.306 e. The Bertz CT molecular complexity index is 476. The van der Waals surface area contributed by atoms with Gasteiger partial charge in [0.2, 0.25) is 0 Å². The number of rotatable bonds is 2. The average Bonchev–Trinajstić information content (AvgIpc) is 2.66. The van der Waals surface area contributed by atoms with Crippen LogP contribution in [0.15, 0.2) is 18.2 Å². The molecule has 0 spiro atoms. The van der Waals surface area contributed by atoms with E-state index in [1.807, 2.05) is 6.07 Å². The molecule has 0 radical (unpaired) electrons. The van der Waals surface area contributed by atoms with E-state index in [1.165, 1.54) is 5.56 Å². The first kappa shape index (κ1) is 12.2. The van der Waals surface area contributed by atoms with Crippen molar-refractivity contribution in [2.24, 2.45) is 10.8 Å². The molecule has 1 aromatic rings. The van der Waals surface area contributed by atoms with Gasteiger partial charge in [-0.2, -0.15) is 0 Å². The molecule has 2 aliphatic carbocycles. The number of fused-ring (bicyclic) bond motifs is 1. The molecule has 1 N–H and O–H groups in total. The highest BCUT2D eigenvalue weighted by Gasteiger charge is 2.65. The van der Waals surface area contributed by atoms with Gasteiger partial charge in [0.1, 0.15) is 5.82 Å². The summed E-state index contributed by atoms with van der Waals surface area (Å²) in [6.07, 6.45) is 1.90. The Kier molecular flexibility index (Phi) is 2.41. The summed E-state index contributed by atoms with van der Waals surface area (Å²) in [4.78, 5) is 0. The van der Waals surface area contributed by atoms with Crippen molar-refractivity contribution in [1.29, 1.82) is 0 Å². The van der Waals surface area contributed by atoms with Gasteiger partial charge in [-0.1, -0.05) is 39.8 Å². The van der Waals surface area contributed by atoms with Gasteiger partial charge in [-0.3, -0.25) is 0 Å². The van der Waals surface area contributed by atoms with Crippen LogP contribution >= 0.6 is 0 Å². The van der Waals surface area contributed by atoms with E-state index in [1.54, 1.807) is 6.07 Å². The van der Waals surface area contributed by atoms with Crippen molar-refractivity contribution in [3.05, 3.63) is 35.1 Å². The van der Waals surface area contributed by atoms with E-state index in [-0.39, 0.29) is 5.82 Å². The SMILES string of the molecule is CC1(C)C(NC2CCc3c(F)cccc32)C1(C)C. The third kappa shape index (κ3) is 1.48. The van der Waals surface area contributed by atoms with Gasteiger partial charge < -0.3 is 5.32 Å². The average molecular weight is 247 g/mol. The smallest absolute Gasteiger partial charge is 0.126 e. The van der Waals surface area contributed by atoms with Crippen LogP contribution in [0.2, 0.25) is 0 Å². The fraction of sp³-hybridized carbons (Fsp3) is 0.625. The highest BCUT2D eigenvalue weighted by atomic mass is 19.1. The van der Waals surface area contributed by atoms with Crippen molar-refractivity contribution in [1.82, 2.24) is 5.32 Å². The first-order valence-electron chi connectivity index (χ1n) is 6.89. The zero-order valence-corrected chi connectivity index (χ0v) is 11.7. The Morgan fingerprint density at radius 3 is 2.44 bits per heavy atom. The van der Waals surface area contributed by atoms with Gasteiger partial charge in [0, 0.05) is 12.1 Å². The van der Waals surface area contributed by atoms with E-state index in [0.717, 1.165) is 18.4 Å². The van der Waals surface area contributed by atoms with Crippen molar-refractivity contribution < 1.29 is 4.39 Å². The summed E-state index contributed by atoms with van der Waals surface area (Å²) in [5, 5.41) is 3.75. The predicted molar refractivity (Wildman–Crippen MR) is 71.9 cm³/mol. The molecule has 1 nitrogen and oxygen atoms in total. The van der Waals surface area contributed by atoms with E-state index >= 15 is 0 Å². The maximum absolute atomic E-state index is 13.7. The van der Waals surface area contributed by atoms with Crippen LogP contribution in [-0.2, 0) is 6.42 Å². The summed E-state index contributed by atoms with van der Waals surface area (Å²) in [7, 11) is 0. The van der Waals surface area contributed by atoms with Crippen LogP contribution in [0.4, 0.5) is 4.39 Å². The van der Waals surface area contributed by atoms with E-state index in [2.05, 4.69) is 39.1 Å². The largest absolute Gasteiger partial charge is 0.306 e. The lowest BCUT2D eigenvalue weighted by Crippen LogP contribution is -2.26. The Balaban J connectivity index is 1.81. The van der Waals surface area contributed by atoms with Crippen LogP contribution in [0.1, 0.15) is 51.3 Å². The number of nitrogens with one attached hydrogen (secondary N) is 1. The third-order valence-corrected chi connectivity index (χ3v) is 5.60. The second-order valence-electron chi connectivity index (χ2n) is 6.94. The molecular weight excluding hydrogens is 225 g/mol. The van der Waals surface area contributed by atoms with Gasteiger partial charge in [0.15, 0.2) is 0 Å². The standard InChI is InChI=1S/C16H22FN/c1-15(2)14(16(15,3)4)18-13-9-8-10-11(13)6-5-7-12(10)17/h5-7,13-14,18H,8-9H2,1-4H3. The van der Waals surface area contributed by atoms with Crippen molar-refractivity contribution in [2.45, 2.75) is 52.6 Å². The predicted octanol–water partition coefficient (Wildman–Crippen LogP) is 3.84. The second kappa shape index (κ2) is 3.57. The lowest BCUT2D eigenvalue weighted by molar-refractivity contribution is 0.457. The molecule has 1 saturated carbocycles. The van der Waals surface area contributed by atoms with E-state index in [0.29, 0.717) is 22.9 Å².